The van der Waals surface area contributed by atoms with E-state index < -0.39 is 0 Å². The molecule has 7 nitrogen and oxygen atoms in total. The maximum atomic E-state index is 12.0. The van der Waals surface area contributed by atoms with Crippen molar-refractivity contribution in [3.8, 4) is 0 Å². The average Bonchev–Trinajstić information content (AvgIpc) is 3.17. The first-order chi connectivity index (χ1) is 11.3. The second kappa shape index (κ2) is 6.06. The highest BCUT2D eigenvalue weighted by atomic mass is 16.3. The normalized spacial score (nSPS) is 20.6. The van der Waals surface area contributed by atoms with Crippen LogP contribution in [0.3, 0.4) is 0 Å². The van der Waals surface area contributed by atoms with Crippen molar-refractivity contribution in [2.75, 3.05) is 0 Å². The number of hydrogen-bond donors (Lipinski definition) is 2. The summed E-state index contributed by atoms with van der Waals surface area (Å²) in [6.45, 7) is 1.29. The van der Waals surface area contributed by atoms with Crippen LogP contribution in [0.25, 0.3) is 0 Å². The molecule has 7 heteroatoms. The summed E-state index contributed by atoms with van der Waals surface area (Å²) < 4.78 is 7.47. The van der Waals surface area contributed by atoms with Gasteiger partial charge in [-0.2, -0.15) is 0 Å². The molecule has 122 valence electrons. The smallest absolute Gasteiger partial charge is 0.315 e. The van der Waals surface area contributed by atoms with Gasteiger partial charge in [-0.3, -0.25) is 0 Å². The fourth-order valence-corrected chi connectivity index (χ4v) is 3.12. The van der Waals surface area contributed by atoms with Crippen molar-refractivity contribution in [2.45, 2.75) is 57.2 Å². The van der Waals surface area contributed by atoms with Gasteiger partial charge in [0, 0.05) is 24.9 Å². The van der Waals surface area contributed by atoms with Gasteiger partial charge < -0.3 is 19.6 Å². The second-order valence-electron chi connectivity index (χ2n) is 6.33. The summed E-state index contributed by atoms with van der Waals surface area (Å²) in [4.78, 5) is 12.0. The van der Waals surface area contributed by atoms with Crippen LogP contribution in [0, 0.1) is 0 Å². The quantitative estimate of drug-likeness (QED) is 0.903. The molecule has 1 fully saturated rings. The SMILES string of the molecule is O=C(NCc1ccco1)NC1CCc2nnc(C3CC3)n2CC1. The lowest BCUT2D eigenvalue weighted by atomic mass is 10.1. The number of nitrogens with zero attached hydrogens (tertiary/aromatic N) is 3. The van der Waals surface area contributed by atoms with Crippen molar-refractivity contribution in [3.63, 3.8) is 0 Å². The highest BCUT2D eigenvalue weighted by Crippen LogP contribution is 2.39. The molecule has 4 rings (SSSR count). The first-order valence-corrected chi connectivity index (χ1v) is 8.28. The van der Waals surface area contributed by atoms with E-state index in [0.717, 1.165) is 43.2 Å². The van der Waals surface area contributed by atoms with Crippen LogP contribution in [0.5, 0.6) is 0 Å². The number of urea groups is 1. The molecule has 3 heterocycles. The number of carbonyl (C=O) groups is 1. The van der Waals surface area contributed by atoms with Crippen molar-refractivity contribution < 1.29 is 9.21 Å². The minimum Gasteiger partial charge on any atom is -0.467 e. The van der Waals surface area contributed by atoms with Gasteiger partial charge in [-0.05, 0) is 37.8 Å². The molecule has 0 aromatic carbocycles. The number of aromatic nitrogens is 3. The molecule has 1 saturated carbocycles. The van der Waals surface area contributed by atoms with E-state index in [0.29, 0.717) is 12.5 Å². The van der Waals surface area contributed by atoms with Crippen molar-refractivity contribution >= 4 is 6.03 Å². The fourth-order valence-electron chi connectivity index (χ4n) is 3.12. The van der Waals surface area contributed by atoms with Crippen molar-refractivity contribution in [1.82, 2.24) is 25.4 Å². The third-order valence-electron chi connectivity index (χ3n) is 4.55. The molecule has 1 aliphatic carbocycles. The topological polar surface area (TPSA) is 85.0 Å². The molecule has 1 atom stereocenters. The number of carbonyl (C=O) groups excluding carboxylic acids is 1. The predicted molar refractivity (Wildman–Crippen MR) is 82.8 cm³/mol. The molecule has 2 aromatic rings. The molecule has 2 amide bonds. The average molecular weight is 315 g/mol. The van der Waals surface area contributed by atoms with Gasteiger partial charge in [-0.15, -0.1) is 10.2 Å². The van der Waals surface area contributed by atoms with Crippen molar-refractivity contribution in [2.24, 2.45) is 0 Å². The second-order valence-corrected chi connectivity index (χ2v) is 6.33. The molecule has 2 aliphatic rings. The van der Waals surface area contributed by atoms with Gasteiger partial charge in [0.1, 0.15) is 17.4 Å². The minimum atomic E-state index is -0.147. The number of nitrogens with one attached hydrogen (secondary N) is 2. The van der Waals surface area contributed by atoms with Crippen LogP contribution < -0.4 is 10.6 Å². The lowest BCUT2D eigenvalue weighted by Crippen LogP contribution is -2.42. The highest BCUT2D eigenvalue weighted by molar-refractivity contribution is 5.74. The number of aryl methyl sites for hydroxylation is 1. The predicted octanol–water partition coefficient (Wildman–Crippen LogP) is 1.95. The maximum absolute atomic E-state index is 12.0. The lowest BCUT2D eigenvalue weighted by molar-refractivity contribution is 0.234. The van der Waals surface area contributed by atoms with E-state index in [1.54, 1.807) is 6.26 Å². The van der Waals surface area contributed by atoms with Gasteiger partial charge in [0.15, 0.2) is 0 Å². The zero-order valence-electron chi connectivity index (χ0n) is 13.0. The number of rotatable bonds is 4. The van der Waals surface area contributed by atoms with Gasteiger partial charge in [-0.25, -0.2) is 4.79 Å². The minimum absolute atomic E-state index is 0.147. The third kappa shape index (κ3) is 3.23. The zero-order valence-corrected chi connectivity index (χ0v) is 13.0. The highest BCUT2D eigenvalue weighted by Gasteiger charge is 2.31. The molecule has 2 aromatic heterocycles. The molecule has 0 bridgehead atoms. The molecule has 1 unspecified atom stereocenters. The van der Waals surface area contributed by atoms with E-state index in [-0.39, 0.29) is 12.1 Å². The Labute approximate surface area is 134 Å². The largest absolute Gasteiger partial charge is 0.467 e. The van der Waals surface area contributed by atoms with Crippen molar-refractivity contribution in [1.29, 1.82) is 0 Å². The summed E-state index contributed by atoms with van der Waals surface area (Å²) in [5.41, 5.74) is 0. The Morgan fingerprint density at radius 1 is 1.30 bits per heavy atom. The number of amides is 2. The number of hydrogen-bond acceptors (Lipinski definition) is 4. The summed E-state index contributed by atoms with van der Waals surface area (Å²) in [6.07, 6.45) is 6.75. The van der Waals surface area contributed by atoms with Crippen LogP contribution in [0.2, 0.25) is 0 Å². The number of furan rings is 1. The molecular weight excluding hydrogens is 294 g/mol. The lowest BCUT2D eigenvalue weighted by Gasteiger charge is -2.16. The van der Waals surface area contributed by atoms with Crippen LogP contribution in [-0.2, 0) is 19.5 Å². The first-order valence-electron chi connectivity index (χ1n) is 8.28. The molecule has 23 heavy (non-hydrogen) atoms. The monoisotopic (exact) mass is 315 g/mol. The summed E-state index contributed by atoms with van der Waals surface area (Å²) in [7, 11) is 0. The molecule has 0 saturated heterocycles. The first kappa shape index (κ1) is 14.3. The Hall–Kier alpha value is -2.31. The Balaban J connectivity index is 1.30. The van der Waals surface area contributed by atoms with E-state index in [1.165, 1.54) is 12.8 Å². The van der Waals surface area contributed by atoms with E-state index in [1.807, 2.05) is 12.1 Å². The van der Waals surface area contributed by atoms with E-state index in [2.05, 4.69) is 25.4 Å². The van der Waals surface area contributed by atoms with Crippen LogP contribution in [0.4, 0.5) is 4.79 Å². The third-order valence-corrected chi connectivity index (χ3v) is 4.55. The molecular formula is C16H21N5O2. The maximum Gasteiger partial charge on any atom is 0.315 e. The summed E-state index contributed by atoms with van der Waals surface area (Å²) in [5, 5.41) is 14.6. The molecule has 1 aliphatic heterocycles. The van der Waals surface area contributed by atoms with Gasteiger partial charge in [0.25, 0.3) is 0 Å². The number of fused-ring (bicyclic) bond motifs is 1. The Morgan fingerprint density at radius 3 is 3.00 bits per heavy atom. The van der Waals surface area contributed by atoms with Crippen molar-refractivity contribution in [3.05, 3.63) is 35.8 Å². The summed E-state index contributed by atoms with van der Waals surface area (Å²) >= 11 is 0. The summed E-state index contributed by atoms with van der Waals surface area (Å²) in [6, 6.07) is 3.68. The van der Waals surface area contributed by atoms with Gasteiger partial charge in [0.05, 0.1) is 12.8 Å². The Morgan fingerprint density at radius 2 is 2.22 bits per heavy atom. The summed E-state index contributed by atoms with van der Waals surface area (Å²) in [5.74, 6) is 3.56. The van der Waals surface area contributed by atoms with Crippen LogP contribution >= 0.6 is 0 Å². The van der Waals surface area contributed by atoms with E-state index in [9.17, 15) is 4.79 Å². The van der Waals surface area contributed by atoms with Crippen LogP contribution in [0.1, 0.15) is 49.0 Å². The van der Waals surface area contributed by atoms with Crippen LogP contribution in [-0.4, -0.2) is 26.8 Å². The molecule has 0 spiro atoms. The molecule has 0 radical (unpaired) electrons. The Kier molecular flexibility index (Phi) is 3.77. The fraction of sp³-hybridized carbons (Fsp3) is 0.562. The van der Waals surface area contributed by atoms with Gasteiger partial charge in [0.2, 0.25) is 0 Å². The Bertz CT molecular complexity index is 675. The van der Waals surface area contributed by atoms with E-state index >= 15 is 0 Å². The van der Waals surface area contributed by atoms with Gasteiger partial charge in [-0.1, -0.05) is 0 Å². The zero-order chi connectivity index (χ0) is 15.6. The standard InChI is InChI=1S/C16H21N5O2/c22-16(17-10-13-2-1-9-23-13)18-12-5-6-14-19-20-15(11-3-4-11)21(14)8-7-12/h1-2,9,11-12H,3-8,10H2,(H2,17,18,22). The van der Waals surface area contributed by atoms with Crippen LogP contribution in [0.15, 0.2) is 22.8 Å². The van der Waals surface area contributed by atoms with Gasteiger partial charge >= 0.3 is 6.03 Å². The molecule has 2 N–H and O–H groups in total. The van der Waals surface area contributed by atoms with E-state index in [4.69, 9.17) is 4.42 Å².